The summed E-state index contributed by atoms with van der Waals surface area (Å²) < 4.78 is 0. The fraction of sp³-hybridized carbons (Fsp3) is 0.133. The molecule has 0 saturated heterocycles. The maximum Gasteiger partial charge on any atom is 0.0897 e. The third kappa shape index (κ3) is 2.57. The summed E-state index contributed by atoms with van der Waals surface area (Å²) in [4.78, 5) is 5.79. The Morgan fingerprint density at radius 3 is 2.72 bits per heavy atom. The number of aryl methyl sites for hydroxylation is 1. The van der Waals surface area contributed by atoms with Crippen molar-refractivity contribution in [2.24, 2.45) is 0 Å². The van der Waals surface area contributed by atoms with Crippen LogP contribution in [0.2, 0.25) is 0 Å². The molecule has 0 amide bonds. The number of thiazole rings is 1. The molecule has 0 fully saturated rings. The molecule has 0 atom stereocenters. The predicted molar refractivity (Wildman–Crippen MR) is 80.4 cm³/mol. The van der Waals surface area contributed by atoms with E-state index in [4.69, 9.17) is 0 Å². The normalized spacial score (nSPS) is 10.9. The van der Waals surface area contributed by atoms with Gasteiger partial charge in [-0.15, -0.1) is 23.1 Å². The number of fused-ring (bicyclic) bond motifs is 1. The Bertz CT molecular complexity index is 673. The number of rotatable bonds is 3. The summed E-state index contributed by atoms with van der Waals surface area (Å²) in [5, 5.41) is 5.89. The molecule has 1 aromatic heterocycles. The first-order valence-electron chi connectivity index (χ1n) is 5.84. The van der Waals surface area contributed by atoms with E-state index in [9.17, 15) is 0 Å². The van der Waals surface area contributed by atoms with Crippen molar-refractivity contribution >= 4 is 33.9 Å². The Morgan fingerprint density at radius 2 is 1.94 bits per heavy atom. The van der Waals surface area contributed by atoms with E-state index in [-0.39, 0.29) is 0 Å². The zero-order valence-electron chi connectivity index (χ0n) is 10.1. The van der Waals surface area contributed by atoms with Crippen molar-refractivity contribution < 1.29 is 0 Å². The average molecular weight is 271 g/mol. The monoisotopic (exact) mass is 271 g/mol. The first-order chi connectivity index (χ1) is 8.81. The Hall–Kier alpha value is -1.32. The van der Waals surface area contributed by atoms with Gasteiger partial charge in [-0.05, 0) is 29.8 Å². The summed E-state index contributed by atoms with van der Waals surface area (Å²) in [6.07, 6.45) is 0. The summed E-state index contributed by atoms with van der Waals surface area (Å²) in [5.41, 5.74) is 1.18. The molecule has 2 aromatic carbocycles. The van der Waals surface area contributed by atoms with E-state index in [1.807, 2.05) is 11.8 Å². The van der Waals surface area contributed by atoms with E-state index in [1.165, 1.54) is 21.4 Å². The van der Waals surface area contributed by atoms with E-state index in [1.54, 1.807) is 11.3 Å². The van der Waals surface area contributed by atoms with E-state index >= 15 is 0 Å². The molecule has 3 aromatic rings. The minimum atomic E-state index is 0.947. The minimum absolute atomic E-state index is 0.947. The summed E-state index contributed by atoms with van der Waals surface area (Å²) in [6.45, 7) is 2.05. The smallest absolute Gasteiger partial charge is 0.0897 e. The van der Waals surface area contributed by atoms with Crippen LogP contribution >= 0.6 is 23.1 Å². The lowest BCUT2D eigenvalue weighted by Crippen LogP contribution is -1.81. The van der Waals surface area contributed by atoms with Gasteiger partial charge in [0.05, 0.1) is 10.7 Å². The van der Waals surface area contributed by atoms with Crippen molar-refractivity contribution in [2.75, 3.05) is 0 Å². The van der Waals surface area contributed by atoms with E-state index in [0.29, 0.717) is 0 Å². The summed E-state index contributed by atoms with van der Waals surface area (Å²) in [6, 6.07) is 15.1. The number of hydrogen-bond acceptors (Lipinski definition) is 3. The van der Waals surface area contributed by atoms with Gasteiger partial charge < -0.3 is 0 Å². The first kappa shape index (κ1) is 11.8. The van der Waals surface area contributed by atoms with Crippen molar-refractivity contribution in [3.05, 3.63) is 58.5 Å². The molecule has 0 bridgehead atoms. The van der Waals surface area contributed by atoms with Gasteiger partial charge in [-0.1, -0.05) is 30.3 Å². The summed E-state index contributed by atoms with van der Waals surface area (Å²) in [5.74, 6) is 0.947. The second kappa shape index (κ2) is 5.12. The highest BCUT2D eigenvalue weighted by molar-refractivity contribution is 7.98. The van der Waals surface area contributed by atoms with E-state index in [0.717, 1.165) is 10.8 Å². The van der Waals surface area contributed by atoms with E-state index < -0.39 is 0 Å². The van der Waals surface area contributed by atoms with Crippen LogP contribution in [0.5, 0.6) is 0 Å². The Morgan fingerprint density at radius 1 is 1.11 bits per heavy atom. The van der Waals surface area contributed by atoms with Gasteiger partial charge in [-0.25, -0.2) is 4.98 Å². The third-order valence-corrected chi connectivity index (χ3v) is 4.62. The van der Waals surface area contributed by atoms with Crippen LogP contribution in [0.4, 0.5) is 0 Å². The van der Waals surface area contributed by atoms with Crippen LogP contribution in [0.1, 0.15) is 10.7 Å². The molecule has 0 aliphatic rings. The number of aromatic nitrogens is 1. The maximum atomic E-state index is 4.49. The van der Waals surface area contributed by atoms with Gasteiger partial charge in [0.1, 0.15) is 0 Å². The summed E-state index contributed by atoms with van der Waals surface area (Å²) in [7, 11) is 0. The predicted octanol–water partition coefficient (Wildman–Crippen LogP) is 4.90. The Kier molecular flexibility index (Phi) is 3.35. The number of nitrogens with zero attached hydrogens (tertiary/aromatic N) is 1. The lowest BCUT2D eigenvalue weighted by atomic mass is 10.1. The lowest BCUT2D eigenvalue weighted by Gasteiger charge is -2.02. The highest BCUT2D eigenvalue weighted by Gasteiger charge is 2.01. The molecule has 90 valence electrons. The molecule has 0 spiro atoms. The SMILES string of the molecule is Cc1nc(CSc2ccc3ccccc3c2)cs1. The van der Waals surface area contributed by atoms with Crippen LogP contribution in [-0.2, 0) is 5.75 Å². The van der Waals surface area contributed by atoms with Gasteiger partial charge in [-0.3, -0.25) is 0 Å². The summed E-state index contributed by atoms with van der Waals surface area (Å²) >= 11 is 3.56. The van der Waals surface area contributed by atoms with Crippen LogP contribution in [0.3, 0.4) is 0 Å². The van der Waals surface area contributed by atoms with Crippen LogP contribution in [0, 0.1) is 6.92 Å². The molecule has 1 heterocycles. The molecule has 0 N–H and O–H groups in total. The topological polar surface area (TPSA) is 12.9 Å². The van der Waals surface area contributed by atoms with Crippen molar-refractivity contribution in [1.82, 2.24) is 4.98 Å². The quantitative estimate of drug-likeness (QED) is 0.629. The number of benzene rings is 2. The molecule has 1 nitrogen and oxygen atoms in total. The third-order valence-electron chi connectivity index (χ3n) is 2.77. The highest BCUT2D eigenvalue weighted by atomic mass is 32.2. The van der Waals surface area contributed by atoms with Gasteiger partial charge in [0.2, 0.25) is 0 Å². The second-order valence-electron chi connectivity index (χ2n) is 4.16. The van der Waals surface area contributed by atoms with Gasteiger partial charge in [0.15, 0.2) is 0 Å². The largest absolute Gasteiger partial charge is 0.246 e. The highest BCUT2D eigenvalue weighted by Crippen LogP contribution is 2.26. The fourth-order valence-corrected chi connectivity index (χ4v) is 3.44. The van der Waals surface area contributed by atoms with Gasteiger partial charge in [0, 0.05) is 16.0 Å². The molecule has 3 heteroatoms. The molecule has 0 unspecified atom stereocenters. The minimum Gasteiger partial charge on any atom is -0.246 e. The number of hydrogen-bond donors (Lipinski definition) is 0. The van der Waals surface area contributed by atoms with Gasteiger partial charge >= 0.3 is 0 Å². The van der Waals surface area contributed by atoms with Crippen LogP contribution in [0.25, 0.3) is 10.8 Å². The zero-order valence-corrected chi connectivity index (χ0v) is 11.7. The van der Waals surface area contributed by atoms with Gasteiger partial charge in [-0.2, -0.15) is 0 Å². The molecule has 18 heavy (non-hydrogen) atoms. The maximum absolute atomic E-state index is 4.49. The molecule has 0 aliphatic heterocycles. The van der Waals surface area contributed by atoms with Crippen molar-refractivity contribution in [1.29, 1.82) is 0 Å². The van der Waals surface area contributed by atoms with Crippen LogP contribution < -0.4 is 0 Å². The van der Waals surface area contributed by atoms with Crippen molar-refractivity contribution in [3.8, 4) is 0 Å². The molecule has 3 rings (SSSR count). The number of thioether (sulfide) groups is 1. The van der Waals surface area contributed by atoms with E-state index in [2.05, 4.69) is 59.8 Å². The van der Waals surface area contributed by atoms with Crippen molar-refractivity contribution in [3.63, 3.8) is 0 Å². The molecular formula is C15H13NS2. The molecular weight excluding hydrogens is 258 g/mol. The Balaban J connectivity index is 1.78. The standard InChI is InChI=1S/C15H13NS2/c1-11-16-14(9-17-11)10-18-15-7-6-12-4-2-3-5-13(12)8-15/h2-9H,10H2,1H3. The van der Waals surface area contributed by atoms with Crippen molar-refractivity contribution in [2.45, 2.75) is 17.6 Å². The average Bonchev–Trinajstić information content (AvgIpc) is 2.82. The molecule has 0 aliphatic carbocycles. The molecule has 0 radical (unpaired) electrons. The fourth-order valence-electron chi connectivity index (χ4n) is 1.89. The zero-order chi connectivity index (χ0) is 12.4. The van der Waals surface area contributed by atoms with Gasteiger partial charge in [0.25, 0.3) is 0 Å². The first-order valence-corrected chi connectivity index (χ1v) is 7.70. The molecule has 0 saturated carbocycles. The second-order valence-corrected chi connectivity index (χ2v) is 6.27. The van der Waals surface area contributed by atoms with Crippen LogP contribution in [-0.4, -0.2) is 4.98 Å². The Labute approximate surface area is 115 Å². The van der Waals surface area contributed by atoms with Crippen LogP contribution in [0.15, 0.2) is 52.7 Å². The lowest BCUT2D eigenvalue weighted by molar-refractivity contribution is 1.18.